The predicted octanol–water partition coefficient (Wildman–Crippen LogP) is 3.79. The van der Waals surface area contributed by atoms with Crippen LogP contribution < -0.4 is 14.8 Å². The molecule has 3 heteroatoms. The Morgan fingerprint density at radius 1 is 1.20 bits per heavy atom. The third kappa shape index (κ3) is 2.93. The first-order valence-corrected chi connectivity index (χ1v) is 7.63. The zero-order valence-corrected chi connectivity index (χ0v) is 13.1. The molecule has 1 aromatic rings. The van der Waals surface area contributed by atoms with Gasteiger partial charge in [-0.3, -0.25) is 0 Å². The van der Waals surface area contributed by atoms with Crippen molar-refractivity contribution in [2.24, 2.45) is 11.8 Å². The summed E-state index contributed by atoms with van der Waals surface area (Å²) in [4.78, 5) is 0. The van der Waals surface area contributed by atoms with Crippen LogP contribution >= 0.6 is 0 Å². The van der Waals surface area contributed by atoms with Gasteiger partial charge in [-0.05, 0) is 43.9 Å². The fourth-order valence-electron chi connectivity index (χ4n) is 3.59. The third-order valence-electron chi connectivity index (χ3n) is 4.72. The summed E-state index contributed by atoms with van der Waals surface area (Å²) >= 11 is 0. The predicted molar refractivity (Wildman–Crippen MR) is 82.5 cm³/mol. The zero-order chi connectivity index (χ0) is 14.5. The molecule has 0 aliphatic heterocycles. The summed E-state index contributed by atoms with van der Waals surface area (Å²) < 4.78 is 11.1. The highest BCUT2D eigenvalue weighted by atomic mass is 16.5. The molecule has 1 N–H and O–H groups in total. The van der Waals surface area contributed by atoms with Crippen molar-refractivity contribution in [1.82, 2.24) is 5.32 Å². The summed E-state index contributed by atoms with van der Waals surface area (Å²) in [6.07, 6.45) is 5.21. The molecule has 0 saturated heterocycles. The van der Waals surface area contributed by atoms with Gasteiger partial charge in [-0.15, -0.1) is 0 Å². The molecule has 1 saturated carbocycles. The lowest BCUT2D eigenvalue weighted by Gasteiger charge is -2.27. The van der Waals surface area contributed by atoms with Crippen molar-refractivity contribution < 1.29 is 9.47 Å². The number of nitrogens with one attached hydrogen (secondary N) is 1. The molecule has 3 unspecified atom stereocenters. The number of methoxy groups -OCH3 is 2. The molecule has 1 aliphatic rings. The van der Waals surface area contributed by atoms with E-state index in [2.05, 4.69) is 12.2 Å². The first-order valence-electron chi connectivity index (χ1n) is 7.63. The average molecular weight is 277 g/mol. The molecule has 3 atom stereocenters. The van der Waals surface area contributed by atoms with Crippen LogP contribution in [0, 0.1) is 11.8 Å². The van der Waals surface area contributed by atoms with Crippen molar-refractivity contribution in [3.8, 4) is 11.5 Å². The van der Waals surface area contributed by atoms with Crippen molar-refractivity contribution in [3.63, 3.8) is 0 Å². The molecule has 1 fully saturated rings. The lowest BCUT2D eigenvalue weighted by Crippen LogP contribution is -2.25. The zero-order valence-electron chi connectivity index (χ0n) is 13.1. The topological polar surface area (TPSA) is 30.5 Å². The molecule has 0 heterocycles. The monoisotopic (exact) mass is 277 g/mol. The molecule has 20 heavy (non-hydrogen) atoms. The lowest BCUT2D eigenvalue weighted by atomic mass is 9.89. The van der Waals surface area contributed by atoms with Gasteiger partial charge < -0.3 is 14.8 Å². The number of rotatable bonds is 6. The van der Waals surface area contributed by atoms with E-state index in [9.17, 15) is 0 Å². The molecule has 0 aromatic heterocycles. The largest absolute Gasteiger partial charge is 0.496 e. The van der Waals surface area contributed by atoms with Crippen LogP contribution in [-0.4, -0.2) is 21.3 Å². The minimum Gasteiger partial charge on any atom is -0.496 e. The minimum absolute atomic E-state index is 0.303. The van der Waals surface area contributed by atoms with Crippen LogP contribution in [0.15, 0.2) is 18.2 Å². The summed E-state index contributed by atoms with van der Waals surface area (Å²) in [6, 6.07) is 6.33. The van der Waals surface area contributed by atoms with Gasteiger partial charge in [-0.1, -0.05) is 25.8 Å². The molecule has 1 aromatic carbocycles. The maximum Gasteiger partial charge on any atom is 0.127 e. The van der Waals surface area contributed by atoms with Crippen molar-refractivity contribution in [2.45, 2.75) is 38.6 Å². The van der Waals surface area contributed by atoms with E-state index in [1.165, 1.54) is 31.2 Å². The summed E-state index contributed by atoms with van der Waals surface area (Å²) in [5.74, 6) is 3.37. The van der Waals surface area contributed by atoms with Gasteiger partial charge in [-0.2, -0.15) is 0 Å². The highest BCUT2D eigenvalue weighted by Gasteiger charge is 2.33. The van der Waals surface area contributed by atoms with Crippen LogP contribution in [0.1, 0.15) is 44.2 Å². The molecule has 0 radical (unpaired) electrons. The average Bonchev–Trinajstić information content (AvgIpc) is 2.97. The SMILES string of the molecule is CCC1CCC(C(NC)c2c(OC)cccc2OC)C1. The fourth-order valence-corrected chi connectivity index (χ4v) is 3.59. The van der Waals surface area contributed by atoms with Gasteiger partial charge in [0.2, 0.25) is 0 Å². The van der Waals surface area contributed by atoms with E-state index in [1.54, 1.807) is 14.2 Å². The van der Waals surface area contributed by atoms with E-state index in [-0.39, 0.29) is 0 Å². The Hall–Kier alpha value is -1.22. The Balaban J connectivity index is 2.31. The van der Waals surface area contributed by atoms with Gasteiger partial charge in [0.05, 0.1) is 19.8 Å². The van der Waals surface area contributed by atoms with Crippen LogP contribution in [0.5, 0.6) is 11.5 Å². The smallest absolute Gasteiger partial charge is 0.127 e. The Morgan fingerprint density at radius 3 is 2.30 bits per heavy atom. The van der Waals surface area contributed by atoms with Gasteiger partial charge in [0.1, 0.15) is 11.5 Å². The first-order chi connectivity index (χ1) is 9.74. The van der Waals surface area contributed by atoms with Crippen molar-refractivity contribution in [3.05, 3.63) is 23.8 Å². The Labute approximate surface area is 122 Å². The standard InChI is InChI=1S/C17H27NO2/c1-5-12-9-10-13(11-12)17(18-2)16-14(19-3)7-6-8-15(16)20-4/h6-8,12-13,17-18H,5,9-11H2,1-4H3. The number of benzene rings is 1. The van der Waals surface area contributed by atoms with Crippen LogP contribution in [-0.2, 0) is 0 Å². The van der Waals surface area contributed by atoms with E-state index >= 15 is 0 Å². The van der Waals surface area contributed by atoms with Gasteiger partial charge in [-0.25, -0.2) is 0 Å². The van der Waals surface area contributed by atoms with Crippen molar-refractivity contribution >= 4 is 0 Å². The molecule has 1 aliphatic carbocycles. The molecular formula is C17H27NO2. The van der Waals surface area contributed by atoms with E-state index in [1.807, 2.05) is 25.2 Å². The summed E-state index contributed by atoms with van der Waals surface area (Å²) in [7, 11) is 5.50. The highest BCUT2D eigenvalue weighted by Crippen LogP contribution is 2.45. The fraction of sp³-hybridized carbons (Fsp3) is 0.647. The first kappa shape index (κ1) is 15.2. The summed E-state index contributed by atoms with van der Waals surface area (Å²) in [6.45, 7) is 2.30. The molecule has 2 rings (SSSR count). The molecule has 0 bridgehead atoms. The highest BCUT2D eigenvalue weighted by molar-refractivity contribution is 5.47. The quantitative estimate of drug-likeness (QED) is 0.858. The lowest BCUT2D eigenvalue weighted by molar-refractivity contribution is 0.329. The molecular weight excluding hydrogens is 250 g/mol. The second-order valence-corrected chi connectivity index (χ2v) is 5.69. The Bertz CT molecular complexity index is 411. The van der Waals surface area contributed by atoms with Gasteiger partial charge >= 0.3 is 0 Å². The maximum atomic E-state index is 5.56. The van der Waals surface area contributed by atoms with Crippen LogP contribution in [0.3, 0.4) is 0 Å². The van der Waals surface area contributed by atoms with Crippen molar-refractivity contribution in [1.29, 1.82) is 0 Å². The van der Waals surface area contributed by atoms with Gasteiger partial charge in [0.15, 0.2) is 0 Å². The molecule has 112 valence electrons. The van der Waals surface area contributed by atoms with Gasteiger partial charge in [0.25, 0.3) is 0 Å². The normalized spacial score (nSPS) is 23.6. The Morgan fingerprint density at radius 2 is 1.85 bits per heavy atom. The second kappa shape index (κ2) is 6.98. The van der Waals surface area contributed by atoms with E-state index < -0.39 is 0 Å². The van der Waals surface area contributed by atoms with E-state index in [0.29, 0.717) is 12.0 Å². The van der Waals surface area contributed by atoms with Crippen LogP contribution in [0.4, 0.5) is 0 Å². The van der Waals surface area contributed by atoms with Crippen LogP contribution in [0.2, 0.25) is 0 Å². The Kier molecular flexibility index (Phi) is 5.30. The maximum absolute atomic E-state index is 5.56. The van der Waals surface area contributed by atoms with E-state index in [4.69, 9.17) is 9.47 Å². The molecule has 0 amide bonds. The summed E-state index contributed by atoms with van der Waals surface area (Å²) in [5.41, 5.74) is 1.17. The minimum atomic E-state index is 0.303. The molecule has 3 nitrogen and oxygen atoms in total. The van der Waals surface area contributed by atoms with E-state index in [0.717, 1.165) is 17.4 Å². The molecule has 0 spiro atoms. The number of ether oxygens (including phenoxy) is 2. The van der Waals surface area contributed by atoms with Crippen molar-refractivity contribution in [2.75, 3.05) is 21.3 Å². The number of hydrogen-bond donors (Lipinski definition) is 1. The second-order valence-electron chi connectivity index (χ2n) is 5.69. The van der Waals surface area contributed by atoms with Crippen LogP contribution in [0.25, 0.3) is 0 Å². The summed E-state index contributed by atoms with van der Waals surface area (Å²) in [5, 5.41) is 3.49. The van der Waals surface area contributed by atoms with Gasteiger partial charge in [0, 0.05) is 6.04 Å². The third-order valence-corrected chi connectivity index (χ3v) is 4.72. The number of hydrogen-bond acceptors (Lipinski definition) is 3.